The number of nitrogens with zero attached hydrogens (tertiary/aromatic N) is 2. The quantitative estimate of drug-likeness (QED) is 0.703. The lowest BCUT2D eigenvalue weighted by Crippen LogP contribution is -2.15. The van der Waals surface area contributed by atoms with E-state index >= 15 is 0 Å². The van der Waals surface area contributed by atoms with E-state index in [1.165, 1.54) is 18.6 Å². The summed E-state index contributed by atoms with van der Waals surface area (Å²) in [6, 6.07) is 0.942. The van der Waals surface area contributed by atoms with Gasteiger partial charge >= 0.3 is 5.97 Å². The number of phenols is 2. The smallest absolute Gasteiger partial charge is 0.341 e. The lowest BCUT2D eigenvalue weighted by Gasteiger charge is -2.13. The number of benzene rings is 1. The van der Waals surface area contributed by atoms with Crippen molar-refractivity contribution in [1.29, 1.82) is 0 Å². The average molecular weight is 352 g/mol. The number of aromatic hydroxyl groups is 2. The van der Waals surface area contributed by atoms with Gasteiger partial charge in [-0.25, -0.2) is 9.78 Å². The van der Waals surface area contributed by atoms with Gasteiger partial charge in [-0.2, -0.15) is 0 Å². The van der Waals surface area contributed by atoms with Crippen LogP contribution in [0.15, 0.2) is 24.7 Å². The van der Waals surface area contributed by atoms with Gasteiger partial charge in [0, 0.05) is 24.9 Å². The van der Waals surface area contributed by atoms with Crippen LogP contribution in [0.4, 0.5) is 5.82 Å². The van der Waals surface area contributed by atoms with Crippen LogP contribution in [0.3, 0.4) is 0 Å². The highest BCUT2D eigenvalue weighted by Crippen LogP contribution is 2.37. The molecule has 1 amide bonds. The molecule has 0 saturated heterocycles. The molecule has 8 nitrogen and oxygen atoms in total. The van der Waals surface area contributed by atoms with Crippen LogP contribution in [0.25, 0.3) is 0 Å². The summed E-state index contributed by atoms with van der Waals surface area (Å²) in [6.07, 6.45) is 4.20. The van der Waals surface area contributed by atoms with Gasteiger partial charge in [0.2, 0.25) is 5.91 Å². The number of carbonyl (C=O) groups excluding carboxylic acids is 2. The van der Waals surface area contributed by atoms with Crippen molar-refractivity contribution < 1.29 is 24.5 Å². The largest absolute Gasteiger partial charge is 0.507 e. The predicted octanol–water partition coefficient (Wildman–Crippen LogP) is 1.90. The summed E-state index contributed by atoms with van der Waals surface area (Å²) in [4.78, 5) is 31.5. The lowest BCUT2D eigenvalue weighted by molar-refractivity contribution is -0.116. The first-order chi connectivity index (χ1) is 11.4. The summed E-state index contributed by atoms with van der Waals surface area (Å²) in [5, 5.41) is 22.0. The number of anilines is 1. The third-order valence-corrected chi connectivity index (χ3v) is 3.57. The molecule has 0 saturated carbocycles. The molecule has 24 heavy (non-hydrogen) atoms. The first-order valence-corrected chi connectivity index (χ1v) is 7.19. The number of aromatic nitrogens is 2. The molecule has 0 aliphatic rings. The lowest BCUT2D eigenvalue weighted by atomic mass is 10.0. The van der Waals surface area contributed by atoms with Crippen LogP contribution in [0.5, 0.6) is 11.5 Å². The molecule has 0 aliphatic carbocycles. The molecule has 9 heteroatoms. The minimum atomic E-state index is -0.821. The van der Waals surface area contributed by atoms with Crippen molar-refractivity contribution in [3.8, 4) is 11.5 Å². The maximum absolute atomic E-state index is 12.0. The Morgan fingerprint density at radius 2 is 2.04 bits per heavy atom. The van der Waals surface area contributed by atoms with Gasteiger partial charge in [0.15, 0.2) is 5.82 Å². The average Bonchev–Trinajstić information content (AvgIpc) is 2.57. The molecule has 0 atom stereocenters. The molecule has 1 aromatic heterocycles. The highest BCUT2D eigenvalue weighted by molar-refractivity contribution is 6.33. The molecule has 2 rings (SSSR count). The van der Waals surface area contributed by atoms with E-state index in [1.807, 2.05) is 0 Å². The fourth-order valence-corrected chi connectivity index (χ4v) is 2.30. The van der Waals surface area contributed by atoms with Gasteiger partial charge in [-0.15, -0.1) is 0 Å². The summed E-state index contributed by atoms with van der Waals surface area (Å²) < 4.78 is 4.60. The number of hydrogen-bond acceptors (Lipinski definition) is 7. The fraction of sp³-hybridized carbons (Fsp3) is 0.200. The van der Waals surface area contributed by atoms with Gasteiger partial charge in [-0.05, 0) is 12.0 Å². The number of amides is 1. The maximum atomic E-state index is 12.0. The van der Waals surface area contributed by atoms with Crippen LogP contribution in [-0.4, -0.2) is 39.2 Å². The van der Waals surface area contributed by atoms with Gasteiger partial charge < -0.3 is 20.3 Å². The Balaban J connectivity index is 2.19. The predicted molar refractivity (Wildman–Crippen MR) is 85.1 cm³/mol. The van der Waals surface area contributed by atoms with E-state index in [2.05, 4.69) is 20.0 Å². The van der Waals surface area contributed by atoms with E-state index in [-0.39, 0.29) is 34.8 Å². The number of rotatable bonds is 5. The van der Waals surface area contributed by atoms with Crippen molar-refractivity contribution in [3.05, 3.63) is 40.8 Å². The number of hydrogen-bond donors (Lipinski definition) is 3. The Bertz CT molecular complexity index is 767. The first kappa shape index (κ1) is 17.5. The number of phenolic OH excluding ortho intramolecular Hbond substituents is 2. The Morgan fingerprint density at radius 1 is 1.29 bits per heavy atom. The number of carbonyl (C=O) groups is 2. The van der Waals surface area contributed by atoms with Crippen molar-refractivity contribution in [3.63, 3.8) is 0 Å². The van der Waals surface area contributed by atoms with Gasteiger partial charge in [0.25, 0.3) is 0 Å². The second kappa shape index (κ2) is 7.60. The number of halogens is 1. The Labute approximate surface area is 142 Å². The molecule has 0 bridgehead atoms. The van der Waals surface area contributed by atoms with E-state index in [1.54, 1.807) is 0 Å². The maximum Gasteiger partial charge on any atom is 0.341 e. The van der Waals surface area contributed by atoms with Crippen molar-refractivity contribution >= 4 is 29.3 Å². The standard InChI is InChI=1S/C15H14ClN3O5/c1-24-15(23)13-8(14(16)10(21)6-9(13)20)2-3-12(22)19-11-7-17-4-5-18-11/h4-7,20-21H,2-3H2,1H3,(H,18,19,22). The third-order valence-electron chi connectivity index (χ3n) is 3.14. The normalized spacial score (nSPS) is 10.2. The summed E-state index contributed by atoms with van der Waals surface area (Å²) in [5.74, 6) is -1.82. The molecule has 126 valence electrons. The van der Waals surface area contributed by atoms with Crippen LogP contribution in [0, 0.1) is 0 Å². The minimum Gasteiger partial charge on any atom is -0.507 e. The molecule has 0 unspecified atom stereocenters. The molecule has 0 radical (unpaired) electrons. The van der Waals surface area contributed by atoms with Crippen LogP contribution >= 0.6 is 11.6 Å². The molecular formula is C15H14ClN3O5. The third kappa shape index (κ3) is 3.90. The molecule has 0 aliphatic heterocycles. The van der Waals surface area contributed by atoms with Gasteiger partial charge in [-0.1, -0.05) is 11.6 Å². The topological polar surface area (TPSA) is 122 Å². The highest BCUT2D eigenvalue weighted by Gasteiger charge is 2.23. The van der Waals surface area contributed by atoms with Crippen molar-refractivity contribution in [2.45, 2.75) is 12.8 Å². The molecule has 1 aromatic carbocycles. The van der Waals surface area contributed by atoms with Crippen LogP contribution in [0.2, 0.25) is 5.02 Å². The van der Waals surface area contributed by atoms with Crippen molar-refractivity contribution in [2.75, 3.05) is 12.4 Å². The SMILES string of the molecule is COC(=O)c1c(O)cc(O)c(Cl)c1CCC(=O)Nc1cnccn1. The summed E-state index contributed by atoms with van der Waals surface area (Å²) in [6.45, 7) is 0. The Kier molecular flexibility index (Phi) is 5.54. The molecule has 1 heterocycles. The van der Waals surface area contributed by atoms with Gasteiger partial charge in [-0.3, -0.25) is 9.78 Å². The number of nitrogens with one attached hydrogen (secondary N) is 1. The minimum absolute atomic E-state index is 0.00266. The molecular weight excluding hydrogens is 338 g/mol. The first-order valence-electron chi connectivity index (χ1n) is 6.81. The second-order valence-electron chi connectivity index (χ2n) is 4.71. The Hall–Kier alpha value is -2.87. The van der Waals surface area contributed by atoms with Gasteiger partial charge in [0.1, 0.15) is 17.1 Å². The van der Waals surface area contributed by atoms with E-state index in [9.17, 15) is 19.8 Å². The monoisotopic (exact) mass is 351 g/mol. The van der Waals surface area contributed by atoms with Gasteiger partial charge in [0.05, 0.1) is 18.3 Å². The van der Waals surface area contributed by atoms with E-state index in [0.29, 0.717) is 0 Å². The van der Waals surface area contributed by atoms with Crippen molar-refractivity contribution in [1.82, 2.24) is 9.97 Å². The number of methoxy groups -OCH3 is 1. The molecule has 2 aromatic rings. The zero-order valence-electron chi connectivity index (χ0n) is 12.6. The number of ether oxygens (including phenoxy) is 1. The van der Waals surface area contributed by atoms with Crippen LogP contribution < -0.4 is 5.32 Å². The highest BCUT2D eigenvalue weighted by atomic mass is 35.5. The fourth-order valence-electron chi connectivity index (χ4n) is 2.06. The number of esters is 1. The zero-order chi connectivity index (χ0) is 17.7. The summed E-state index contributed by atoms with van der Waals surface area (Å²) in [7, 11) is 1.15. The second-order valence-corrected chi connectivity index (χ2v) is 5.09. The van der Waals surface area contributed by atoms with E-state index in [0.717, 1.165) is 13.2 Å². The molecule has 3 N–H and O–H groups in total. The zero-order valence-corrected chi connectivity index (χ0v) is 13.4. The van der Waals surface area contributed by atoms with Crippen molar-refractivity contribution in [2.24, 2.45) is 0 Å². The summed E-state index contributed by atoms with van der Waals surface area (Å²) >= 11 is 5.99. The Morgan fingerprint density at radius 3 is 2.67 bits per heavy atom. The molecule has 0 spiro atoms. The van der Waals surface area contributed by atoms with E-state index < -0.39 is 23.4 Å². The van der Waals surface area contributed by atoms with Crippen LogP contribution in [-0.2, 0) is 16.0 Å². The van der Waals surface area contributed by atoms with Crippen LogP contribution in [0.1, 0.15) is 22.3 Å². The molecule has 0 fully saturated rings. The summed E-state index contributed by atoms with van der Waals surface area (Å²) in [5.41, 5.74) is -0.0667. The van der Waals surface area contributed by atoms with E-state index in [4.69, 9.17) is 11.6 Å².